The Morgan fingerprint density at radius 1 is 0.961 bits per heavy atom. The number of rotatable bonds is 2. The van der Waals surface area contributed by atoms with Gasteiger partial charge < -0.3 is 24.2 Å². The van der Waals surface area contributed by atoms with Crippen molar-refractivity contribution in [3.8, 4) is 5.75 Å². The summed E-state index contributed by atoms with van der Waals surface area (Å²) in [6.07, 6.45) is 7.04. The number of carbonyl (C=O) groups excluding carboxylic acids is 1. The van der Waals surface area contributed by atoms with Crippen LogP contribution in [0.1, 0.15) is 80.3 Å². The topological polar surface area (TPSA) is 118 Å². The first-order valence-electron chi connectivity index (χ1n) is 19.0. The van der Waals surface area contributed by atoms with Gasteiger partial charge in [0.1, 0.15) is 5.75 Å². The lowest BCUT2D eigenvalue weighted by Crippen LogP contribution is -2.60. The number of amides is 1. The van der Waals surface area contributed by atoms with Crippen molar-refractivity contribution < 1.29 is 32.5 Å². The first-order chi connectivity index (χ1) is 24.5. The number of aliphatic hydroxyl groups excluding tert-OH is 1. The molecule has 0 unspecified atom stereocenters. The van der Waals surface area contributed by atoms with Crippen molar-refractivity contribution in [2.45, 2.75) is 94.3 Å². The highest BCUT2D eigenvalue weighted by Crippen LogP contribution is 2.49. The first-order valence-corrected chi connectivity index (χ1v) is 20.9. The minimum atomic E-state index is -3.92. The molecule has 51 heavy (non-hydrogen) atoms. The number of anilines is 1. The van der Waals surface area contributed by atoms with Gasteiger partial charge in [-0.1, -0.05) is 31.0 Å². The Bertz CT molecular complexity index is 1730. The molecule has 4 aliphatic heterocycles. The van der Waals surface area contributed by atoms with Gasteiger partial charge in [-0.15, -0.1) is 0 Å². The lowest BCUT2D eigenvalue weighted by atomic mass is 9.64. The van der Waals surface area contributed by atoms with Crippen LogP contribution in [0.15, 0.2) is 36.4 Å². The van der Waals surface area contributed by atoms with Gasteiger partial charge in [0.25, 0.3) is 5.91 Å². The van der Waals surface area contributed by atoms with E-state index in [1.807, 2.05) is 25.1 Å². The van der Waals surface area contributed by atoms with Gasteiger partial charge in [-0.3, -0.25) is 9.69 Å². The lowest BCUT2D eigenvalue weighted by Gasteiger charge is -2.50. The highest BCUT2D eigenvalue weighted by molar-refractivity contribution is 7.90. The Morgan fingerprint density at radius 3 is 2.51 bits per heavy atom. The summed E-state index contributed by atoms with van der Waals surface area (Å²) in [5, 5.41) is 9.86. The maximum Gasteiger partial charge on any atom is 0.264 e. The molecule has 2 saturated heterocycles. The Labute approximate surface area is 307 Å². The highest BCUT2D eigenvalue weighted by atomic mass is 35.5. The lowest BCUT2D eigenvalue weighted by molar-refractivity contribution is -0.250. The predicted octanol–water partition coefficient (Wildman–Crippen LogP) is 5.14. The number of β-amino-alcohol motifs (C(OH)–C–C–N with tert-alkyl or cyclic N) is 1. The van der Waals surface area contributed by atoms with E-state index in [1.165, 1.54) is 11.1 Å². The van der Waals surface area contributed by atoms with Gasteiger partial charge in [-0.25, -0.2) is 13.1 Å². The SMILES string of the molecule is C[C@@H]1[C@@H](C)CCC[C@@H]([C@H]2OC[C@H](N3CC(O)C3)CO2)[C@@H]2CC[C@H]2CN2C[C@@]3(CCCc4cc(Cl)ccc43)COc3ccc(cc32)C(=O)NS1(=O)=O. The van der Waals surface area contributed by atoms with Crippen LogP contribution in [-0.4, -0.2) is 94.0 Å². The van der Waals surface area contributed by atoms with Crippen LogP contribution in [0, 0.1) is 23.7 Å². The number of hydrogen-bond acceptors (Lipinski definition) is 9. The molecule has 1 amide bonds. The van der Waals surface area contributed by atoms with E-state index in [0.717, 1.165) is 75.2 Å². The van der Waals surface area contributed by atoms with Gasteiger partial charge in [-0.2, -0.15) is 0 Å². The van der Waals surface area contributed by atoms with E-state index in [-0.39, 0.29) is 35.7 Å². The van der Waals surface area contributed by atoms with Gasteiger partial charge in [0, 0.05) is 48.1 Å². The van der Waals surface area contributed by atoms with Crippen molar-refractivity contribution in [2.75, 3.05) is 50.9 Å². The molecule has 2 bridgehead atoms. The van der Waals surface area contributed by atoms with Crippen molar-refractivity contribution in [3.63, 3.8) is 0 Å². The summed E-state index contributed by atoms with van der Waals surface area (Å²) in [7, 11) is -3.92. The number of aryl methyl sites for hydroxylation is 1. The average Bonchev–Trinajstić information content (AvgIpc) is 3.24. The quantitative estimate of drug-likeness (QED) is 0.432. The number of nitrogens with one attached hydrogen (secondary N) is 1. The molecule has 1 saturated carbocycles. The van der Waals surface area contributed by atoms with Crippen LogP contribution in [0.2, 0.25) is 5.02 Å². The van der Waals surface area contributed by atoms with Crippen molar-refractivity contribution in [1.82, 2.24) is 9.62 Å². The Hall–Kier alpha value is -2.41. The molecule has 278 valence electrons. The maximum absolute atomic E-state index is 13.6. The van der Waals surface area contributed by atoms with Crippen LogP contribution in [-0.2, 0) is 31.3 Å². The highest BCUT2D eigenvalue weighted by Gasteiger charge is 2.47. The molecule has 6 atom stereocenters. The summed E-state index contributed by atoms with van der Waals surface area (Å²) in [5.41, 5.74) is 3.43. The normalized spacial score (nSPS) is 36.0. The summed E-state index contributed by atoms with van der Waals surface area (Å²) in [4.78, 5) is 18.2. The largest absolute Gasteiger partial charge is 0.490 e. The molecule has 2 aromatic rings. The molecule has 10 nitrogen and oxygen atoms in total. The standard InChI is InChI=1S/C39H52ClN3O7S/c1-24-5-3-7-33(38-48-20-30(21-49-38)42-18-31(44)19-42)32-11-8-28(32)17-43-22-39(14-4-6-26-15-29(40)10-12-34(26)39)23-50-36-13-9-27(16-35(36)43)37(45)41-51(46,47)25(24)2/h9-10,12-13,15-16,24-25,28,30-33,38,44H,3-8,11,14,17-23H2,1-2H3,(H,41,45)/t24-,25+,28-,30-,32+,33+,38-,39-/m0/s1. The van der Waals surface area contributed by atoms with Crippen LogP contribution in [0.5, 0.6) is 5.75 Å². The van der Waals surface area contributed by atoms with Crippen molar-refractivity contribution in [3.05, 3.63) is 58.1 Å². The van der Waals surface area contributed by atoms with Gasteiger partial charge in [-0.05, 0) is 111 Å². The molecule has 3 fully saturated rings. The second-order valence-corrected chi connectivity index (χ2v) is 18.8. The van der Waals surface area contributed by atoms with Crippen LogP contribution >= 0.6 is 11.6 Å². The van der Waals surface area contributed by atoms with E-state index in [1.54, 1.807) is 13.0 Å². The number of fused-ring (bicyclic) bond motifs is 4. The number of sulfonamides is 1. The van der Waals surface area contributed by atoms with Crippen LogP contribution in [0.25, 0.3) is 0 Å². The van der Waals surface area contributed by atoms with E-state index < -0.39 is 21.2 Å². The Kier molecular flexibility index (Phi) is 9.85. The fourth-order valence-electron chi connectivity index (χ4n) is 9.72. The van der Waals surface area contributed by atoms with Crippen molar-refractivity contribution >= 4 is 33.2 Å². The molecule has 0 radical (unpaired) electrons. The average molecular weight is 742 g/mol. The second kappa shape index (κ2) is 14.1. The van der Waals surface area contributed by atoms with Crippen LogP contribution in [0.3, 0.4) is 0 Å². The molecular weight excluding hydrogens is 690 g/mol. The summed E-state index contributed by atoms with van der Waals surface area (Å²) in [5.74, 6) is 0.914. The smallest absolute Gasteiger partial charge is 0.264 e. The number of nitrogens with zero attached hydrogens (tertiary/aromatic N) is 2. The third kappa shape index (κ3) is 6.92. The Balaban J connectivity index is 1.13. The molecule has 12 heteroatoms. The minimum Gasteiger partial charge on any atom is -0.490 e. The van der Waals surface area contributed by atoms with E-state index in [0.29, 0.717) is 56.1 Å². The molecule has 0 aromatic heterocycles. The molecule has 6 aliphatic rings. The zero-order valence-corrected chi connectivity index (χ0v) is 31.3. The minimum absolute atomic E-state index is 0.142. The first kappa shape index (κ1) is 35.6. The molecule has 4 heterocycles. The molecule has 8 rings (SSSR count). The monoisotopic (exact) mass is 741 g/mol. The number of benzene rings is 2. The molecule has 1 spiro atoms. The summed E-state index contributed by atoms with van der Waals surface area (Å²) in [6, 6.07) is 11.8. The van der Waals surface area contributed by atoms with E-state index >= 15 is 0 Å². The zero-order chi connectivity index (χ0) is 35.5. The fourth-order valence-corrected chi connectivity index (χ4v) is 11.2. The van der Waals surface area contributed by atoms with Crippen molar-refractivity contribution in [2.24, 2.45) is 23.7 Å². The second-order valence-electron chi connectivity index (χ2n) is 16.3. The number of aliphatic hydroxyl groups is 1. The maximum atomic E-state index is 13.6. The van der Waals surface area contributed by atoms with Crippen LogP contribution < -0.4 is 14.4 Å². The number of hydrogen-bond donors (Lipinski definition) is 2. The third-order valence-corrected chi connectivity index (χ3v) is 15.3. The van der Waals surface area contributed by atoms with Gasteiger partial charge in [0.2, 0.25) is 10.0 Å². The summed E-state index contributed by atoms with van der Waals surface area (Å²) < 4.78 is 49.1. The molecule has 2 N–H and O–H groups in total. The fraction of sp³-hybridized carbons (Fsp3) is 0.667. The number of ether oxygens (including phenoxy) is 3. The van der Waals surface area contributed by atoms with Gasteiger partial charge in [0.15, 0.2) is 6.29 Å². The van der Waals surface area contributed by atoms with E-state index in [2.05, 4.69) is 26.7 Å². The van der Waals surface area contributed by atoms with E-state index in [9.17, 15) is 18.3 Å². The Morgan fingerprint density at radius 2 is 1.76 bits per heavy atom. The summed E-state index contributed by atoms with van der Waals surface area (Å²) in [6.45, 7) is 8.18. The third-order valence-electron chi connectivity index (χ3n) is 13.2. The number of likely N-dealkylation sites (tertiary alicyclic amines) is 1. The van der Waals surface area contributed by atoms with Gasteiger partial charge >= 0.3 is 0 Å². The summed E-state index contributed by atoms with van der Waals surface area (Å²) >= 11 is 6.48. The zero-order valence-electron chi connectivity index (χ0n) is 29.8. The van der Waals surface area contributed by atoms with Crippen LogP contribution in [0.4, 0.5) is 5.69 Å². The number of halogens is 1. The van der Waals surface area contributed by atoms with E-state index in [4.69, 9.17) is 25.8 Å². The molecular formula is C39H52ClN3O7S. The van der Waals surface area contributed by atoms with Crippen molar-refractivity contribution in [1.29, 1.82) is 0 Å². The van der Waals surface area contributed by atoms with Gasteiger partial charge in [0.05, 0.1) is 42.9 Å². The molecule has 2 aromatic carbocycles. The molecule has 2 aliphatic carbocycles. The predicted molar refractivity (Wildman–Crippen MR) is 196 cm³/mol. The number of carbonyl (C=O) groups is 1.